The molecule has 0 atom stereocenters. The van der Waals surface area contributed by atoms with Crippen LogP contribution in [0.4, 0.5) is 5.69 Å². The lowest BCUT2D eigenvalue weighted by Gasteiger charge is -2.19. The largest absolute Gasteiger partial charge is 0.490 e. The number of benzene rings is 1. The maximum absolute atomic E-state index is 5.46. The van der Waals surface area contributed by atoms with Gasteiger partial charge < -0.3 is 10.1 Å². The van der Waals surface area contributed by atoms with Gasteiger partial charge in [0.05, 0.1) is 5.69 Å². The molecule has 2 heteroatoms. The van der Waals surface area contributed by atoms with Crippen LogP contribution in [0.25, 0.3) is 0 Å². The number of ether oxygens (including phenoxy) is 1. The smallest absolute Gasteiger partial charge is 0.142 e. The van der Waals surface area contributed by atoms with Gasteiger partial charge in [-0.05, 0) is 24.1 Å². The van der Waals surface area contributed by atoms with E-state index in [9.17, 15) is 0 Å². The average Bonchev–Trinajstić information content (AvgIpc) is 2.31. The summed E-state index contributed by atoms with van der Waals surface area (Å²) in [6, 6.07) is 6.32. The van der Waals surface area contributed by atoms with Crippen LogP contribution >= 0.6 is 0 Å². The fourth-order valence-corrected chi connectivity index (χ4v) is 1.41. The van der Waals surface area contributed by atoms with Gasteiger partial charge in [-0.25, -0.2) is 0 Å². The highest BCUT2D eigenvalue weighted by Gasteiger charge is 2.08. The van der Waals surface area contributed by atoms with Gasteiger partial charge >= 0.3 is 0 Å². The van der Waals surface area contributed by atoms with Crippen molar-refractivity contribution >= 4 is 5.69 Å². The number of nitrogens with one attached hydrogen (secondary N) is 1. The summed E-state index contributed by atoms with van der Waals surface area (Å²) in [5, 5.41) is 3.31. The minimum atomic E-state index is 0.776. The van der Waals surface area contributed by atoms with Gasteiger partial charge in [0.15, 0.2) is 0 Å². The van der Waals surface area contributed by atoms with Crippen molar-refractivity contribution in [3.8, 4) is 5.75 Å². The van der Waals surface area contributed by atoms with Crippen molar-refractivity contribution in [2.75, 3.05) is 18.5 Å². The van der Waals surface area contributed by atoms with Crippen molar-refractivity contribution in [2.24, 2.45) is 0 Å². The number of hydrogen-bond acceptors (Lipinski definition) is 2. The standard InChI is InChI=1S/C10H13NO.C2H6/c1-2-8-3-4-10-9(7-8)11-5-6-12-10;1-2/h3-4,7,11H,2,5-6H2,1H3;1-2H3. The Morgan fingerprint density at radius 3 is 2.86 bits per heavy atom. The molecule has 0 aromatic heterocycles. The normalized spacial score (nSPS) is 12.8. The van der Waals surface area contributed by atoms with Crippen molar-refractivity contribution in [3.05, 3.63) is 23.8 Å². The predicted molar refractivity (Wildman–Crippen MR) is 61.2 cm³/mol. The Morgan fingerprint density at radius 1 is 1.36 bits per heavy atom. The summed E-state index contributed by atoms with van der Waals surface area (Å²) in [4.78, 5) is 0. The third-order valence-electron chi connectivity index (χ3n) is 2.13. The number of hydrogen-bond donors (Lipinski definition) is 1. The highest BCUT2D eigenvalue weighted by molar-refractivity contribution is 5.59. The molecule has 2 nitrogen and oxygen atoms in total. The maximum Gasteiger partial charge on any atom is 0.142 e. The van der Waals surface area contributed by atoms with Gasteiger partial charge in [-0.2, -0.15) is 0 Å². The second kappa shape index (κ2) is 5.53. The van der Waals surface area contributed by atoms with Crippen LogP contribution in [0.1, 0.15) is 26.3 Å². The lowest BCUT2D eigenvalue weighted by atomic mass is 10.1. The Morgan fingerprint density at radius 2 is 2.14 bits per heavy atom. The van der Waals surface area contributed by atoms with Crippen molar-refractivity contribution < 1.29 is 4.74 Å². The molecular weight excluding hydrogens is 174 g/mol. The summed E-state index contributed by atoms with van der Waals surface area (Å²) in [5.74, 6) is 0.985. The summed E-state index contributed by atoms with van der Waals surface area (Å²) in [6.07, 6.45) is 1.08. The highest BCUT2D eigenvalue weighted by atomic mass is 16.5. The SMILES string of the molecule is CC.CCc1ccc2c(c1)NCCO2. The Balaban J connectivity index is 0.000000461. The molecule has 0 spiro atoms. The van der Waals surface area contributed by atoms with E-state index in [4.69, 9.17) is 4.74 Å². The third kappa shape index (κ3) is 2.41. The van der Waals surface area contributed by atoms with Crippen LogP contribution in [0, 0.1) is 0 Å². The molecular formula is C12H19NO. The molecule has 0 unspecified atom stereocenters. The molecule has 78 valence electrons. The van der Waals surface area contributed by atoms with Crippen LogP contribution < -0.4 is 10.1 Å². The van der Waals surface area contributed by atoms with E-state index < -0.39 is 0 Å². The van der Waals surface area contributed by atoms with Crippen molar-refractivity contribution in [3.63, 3.8) is 0 Å². The van der Waals surface area contributed by atoms with Crippen molar-refractivity contribution in [1.82, 2.24) is 0 Å². The summed E-state index contributed by atoms with van der Waals surface area (Å²) in [7, 11) is 0. The van der Waals surface area contributed by atoms with E-state index >= 15 is 0 Å². The molecule has 0 bridgehead atoms. The minimum Gasteiger partial charge on any atom is -0.490 e. The molecule has 1 aromatic carbocycles. The first-order chi connectivity index (χ1) is 6.90. The van der Waals surface area contributed by atoms with Gasteiger partial charge in [-0.1, -0.05) is 26.8 Å². The molecule has 14 heavy (non-hydrogen) atoms. The summed E-state index contributed by atoms with van der Waals surface area (Å²) in [6.45, 7) is 7.85. The van der Waals surface area contributed by atoms with E-state index in [1.807, 2.05) is 19.9 Å². The van der Waals surface area contributed by atoms with Gasteiger partial charge in [0, 0.05) is 6.54 Å². The molecule has 1 heterocycles. The highest BCUT2D eigenvalue weighted by Crippen LogP contribution is 2.27. The van der Waals surface area contributed by atoms with Crippen LogP contribution in [0.2, 0.25) is 0 Å². The molecule has 1 aliphatic rings. The molecule has 1 aromatic rings. The summed E-state index contributed by atoms with van der Waals surface area (Å²) in [5.41, 5.74) is 2.49. The molecule has 0 radical (unpaired) electrons. The Labute approximate surface area is 86.3 Å². The zero-order chi connectivity index (χ0) is 10.4. The predicted octanol–water partition coefficient (Wildman–Crippen LogP) is 3.08. The monoisotopic (exact) mass is 193 g/mol. The second-order valence-corrected chi connectivity index (χ2v) is 2.96. The lowest BCUT2D eigenvalue weighted by molar-refractivity contribution is 0.323. The quantitative estimate of drug-likeness (QED) is 0.740. The summed E-state index contributed by atoms with van der Waals surface area (Å²) >= 11 is 0. The van der Waals surface area contributed by atoms with Gasteiger partial charge in [0.2, 0.25) is 0 Å². The molecule has 0 aliphatic carbocycles. The van der Waals surface area contributed by atoms with Crippen molar-refractivity contribution in [1.29, 1.82) is 0 Å². The van der Waals surface area contributed by atoms with E-state index in [-0.39, 0.29) is 0 Å². The lowest BCUT2D eigenvalue weighted by Crippen LogP contribution is -2.17. The zero-order valence-electron chi connectivity index (χ0n) is 9.26. The van der Waals surface area contributed by atoms with Gasteiger partial charge in [-0.15, -0.1) is 0 Å². The van der Waals surface area contributed by atoms with Gasteiger partial charge in [-0.3, -0.25) is 0 Å². The van der Waals surface area contributed by atoms with Gasteiger partial charge in [0.1, 0.15) is 12.4 Å². The minimum absolute atomic E-state index is 0.776. The van der Waals surface area contributed by atoms with Crippen LogP contribution in [0.3, 0.4) is 0 Å². The molecule has 0 fully saturated rings. The van der Waals surface area contributed by atoms with Crippen LogP contribution in [-0.2, 0) is 6.42 Å². The molecule has 2 rings (SSSR count). The fraction of sp³-hybridized carbons (Fsp3) is 0.500. The number of aryl methyl sites for hydroxylation is 1. The van der Waals surface area contributed by atoms with E-state index in [2.05, 4.69) is 24.4 Å². The molecule has 1 aliphatic heterocycles. The van der Waals surface area contributed by atoms with Crippen LogP contribution in [0.15, 0.2) is 18.2 Å². The zero-order valence-corrected chi connectivity index (χ0v) is 9.26. The molecule has 0 saturated heterocycles. The first kappa shape index (κ1) is 10.9. The van der Waals surface area contributed by atoms with Crippen molar-refractivity contribution in [2.45, 2.75) is 27.2 Å². The van der Waals surface area contributed by atoms with Crippen LogP contribution in [-0.4, -0.2) is 13.2 Å². The molecule has 0 amide bonds. The Bertz CT molecular complexity index is 284. The Hall–Kier alpha value is -1.18. The Kier molecular flexibility index (Phi) is 4.30. The number of fused-ring (bicyclic) bond motifs is 1. The van der Waals surface area contributed by atoms with E-state index in [1.165, 1.54) is 5.56 Å². The third-order valence-corrected chi connectivity index (χ3v) is 2.13. The average molecular weight is 193 g/mol. The second-order valence-electron chi connectivity index (χ2n) is 2.96. The first-order valence-corrected chi connectivity index (χ1v) is 5.40. The topological polar surface area (TPSA) is 21.3 Å². The first-order valence-electron chi connectivity index (χ1n) is 5.40. The van der Waals surface area contributed by atoms with Crippen LogP contribution in [0.5, 0.6) is 5.75 Å². The fourth-order valence-electron chi connectivity index (χ4n) is 1.41. The summed E-state index contributed by atoms with van der Waals surface area (Å²) < 4.78 is 5.46. The van der Waals surface area contributed by atoms with E-state index in [1.54, 1.807) is 0 Å². The number of rotatable bonds is 1. The maximum atomic E-state index is 5.46. The van der Waals surface area contributed by atoms with E-state index in [0.717, 1.165) is 31.0 Å². The van der Waals surface area contributed by atoms with E-state index in [0.29, 0.717) is 0 Å². The van der Waals surface area contributed by atoms with Gasteiger partial charge in [0.25, 0.3) is 0 Å². The molecule has 0 saturated carbocycles. The molecule has 1 N–H and O–H groups in total. The number of anilines is 1.